The van der Waals surface area contributed by atoms with E-state index in [1.165, 1.54) is 6.92 Å². The van der Waals surface area contributed by atoms with Crippen LogP contribution in [0.1, 0.15) is 6.92 Å². The van der Waals surface area contributed by atoms with Crippen LogP contribution in [-0.2, 0) is 9.53 Å². The number of carbonyl (C=O) groups excluding carboxylic acids is 1. The lowest BCUT2D eigenvalue weighted by molar-refractivity contribution is -0.119. The maximum atomic E-state index is 10.6. The van der Waals surface area contributed by atoms with Crippen LogP contribution in [-0.4, -0.2) is 36.9 Å². The highest BCUT2D eigenvalue weighted by atomic mass is 16.5. The lowest BCUT2D eigenvalue weighted by Crippen LogP contribution is -2.39. The van der Waals surface area contributed by atoms with Crippen LogP contribution < -0.4 is 5.32 Å². The molecule has 4 heteroatoms. The van der Waals surface area contributed by atoms with Crippen molar-refractivity contribution in [2.75, 3.05) is 19.8 Å². The van der Waals surface area contributed by atoms with Crippen LogP contribution in [0.3, 0.4) is 0 Å². The molecular formula is C7H13NO3. The molecule has 0 aromatic carbocycles. The predicted octanol–water partition coefficient (Wildman–Crippen LogP) is -0.870. The molecule has 1 fully saturated rings. The molecule has 2 N–H and O–H groups in total. The Balaban J connectivity index is 2.37. The van der Waals surface area contributed by atoms with E-state index in [0.717, 1.165) is 0 Å². The van der Waals surface area contributed by atoms with Gasteiger partial charge in [-0.15, -0.1) is 0 Å². The van der Waals surface area contributed by atoms with Crippen molar-refractivity contribution in [1.82, 2.24) is 5.32 Å². The highest BCUT2D eigenvalue weighted by molar-refractivity contribution is 5.73. The van der Waals surface area contributed by atoms with E-state index < -0.39 is 0 Å². The summed E-state index contributed by atoms with van der Waals surface area (Å²) >= 11 is 0. The van der Waals surface area contributed by atoms with Crippen LogP contribution in [0.5, 0.6) is 0 Å². The van der Waals surface area contributed by atoms with E-state index >= 15 is 0 Å². The molecule has 0 radical (unpaired) electrons. The number of nitrogens with one attached hydrogen (secondary N) is 1. The fourth-order valence-corrected chi connectivity index (χ4v) is 1.20. The Bertz CT molecular complexity index is 149. The lowest BCUT2D eigenvalue weighted by atomic mass is 10.1. The molecule has 1 rings (SSSR count). The number of amides is 1. The third-order valence-electron chi connectivity index (χ3n) is 1.82. The SMILES string of the molecule is CC(=O)NC1COCC1CO. The van der Waals surface area contributed by atoms with E-state index in [4.69, 9.17) is 9.84 Å². The van der Waals surface area contributed by atoms with Crippen LogP contribution in [0, 0.1) is 5.92 Å². The second-order valence-electron chi connectivity index (χ2n) is 2.79. The average Bonchev–Trinajstić information content (AvgIpc) is 2.34. The number of carbonyl (C=O) groups is 1. The van der Waals surface area contributed by atoms with Gasteiger partial charge in [-0.1, -0.05) is 0 Å². The number of ether oxygens (including phenoxy) is 1. The van der Waals surface area contributed by atoms with Crippen LogP contribution in [0.25, 0.3) is 0 Å². The number of rotatable bonds is 2. The Morgan fingerprint density at radius 1 is 1.73 bits per heavy atom. The summed E-state index contributed by atoms with van der Waals surface area (Å²) in [5.41, 5.74) is 0. The van der Waals surface area contributed by atoms with Gasteiger partial charge in [-0.25, -0.2) is 0 Å². The summed E-state index contributed by atoms with van der Waals surface area (Å²) in [5, 5.41) is 11.5. The Labute approximate surface area is 65.5 Å². The van der Waals surface area contributed by atoms with Gasteiger partial charge >= 0.3 is 0 Å². The fourth-order valence-electron chi connectivity index (χ4n) is 1.20. The van der Waals surface area contributed by atoms with Gasteiger partial charge in [0, 0.05) is 12.8 Å². The maximum Gasteiger partial charge on any atom is 0.217 e. The molecule has 64 valence electrons. The summed E-state index contributed by atoms with van der Waals surface area (Å²) in [6.07, 6.45) is 0. The Morgan fingerprint density at radius 2 is 2.45 bits per heavy atom. The zero-order chi connectivity index (χ0) is 8.27. The molecule has 0 bridgehead atoms. The Kier molecular flexibility index (Phi) is 2.84. The first kappa shape index (κ1) is 8.49. The molecule has 2 unspecified atom stereocenters. The molecule has 11 heavy (non-hydrogen) atoms. The van der Waals surface area contributed by atoms with Gasteiger partial charge < -0.3 is 15.2 Å². The van der Waals surface area contributed by atoms with Crippen molar-refractivity contribution in [2.45, 2.75) is 13.0 Å². The summed E-state index contributed by atoms with van der Waals surface area (Å²) in [6.45, 7) is 2.60. The first-order chi connectivity index (χ1) is 5.24. The van der Waals surface area contributed by atoms with Crippen molar-refractivity contribution in [3.05, 3.63) is 0 Å². The van der Waals surface area contributed by atoms with Crippen molar-refractivity contribution >= 4 is 5.91 Å². The van der Waals surface area contributed by atoms with Gasteiger partial charge in [-0.3, -0.25) is 4.79 Å². The van der Waals surface area contributed by atoms with E-state index in [9.17, 15) is 4.79 Å². The molecular weight excluding hydrogens is 146 g/mol. The molecule has 0 aromatic heterocycles. The Morgan fingerprint density at radius 3 is 3.00 bits per heavy atom. The highest BCUT2D eigenvalue weighted by Gasteiger charge is 2.27. The van der Waals surface area contributed by atoms with Gasteiger partial charge in [-0.2, -0.15) is 0 Å². The van der Waals surface area contributed by atoms with Crippen LogP contribution in [0.15, 0.2) is 0 Å². The fraction of sp³-hybridized carbons (Fsp3) is 0.857. The van der Waals surface area contributed by atoms with E-state index in [0.29, 0.717) is 13.2 Å². The largest absolute Gasteiger partial charge is 0.396 e. The molecule has 0 saturated carbocycles. The van der Waals surface area contributed by atoms with E-state index in [1.54, 1.807) is 0 Å². The summed E-state index contributed by atoms with van der Waals surface area (Å²) in [7, 11) is 0. The molecule has 0 aromatic rings. The van der Waals surface area contributed by atoms with Crippen molar-refractivity contribution < 1.29 is 14.6 Å². The van der Waals surface area contributed by atoms with Gasteiger partial charge in [-0.05, 0) is 0 Å². The molecule has 0 aliphatic carbocycles. The molecule has 0 spiro atoms. The van der Waals surface area contributed by atoms with Crippen molar-refractivity contribution in [1.29, 1.82) is 0 Å². The van der Waals surface area contributed by atoms with E-state index in [1.807, 2.05) is 0 Å². The zero-order valence-corrected chi connectivity index (χ0v) is 6.54. The second kappa shape index (κ2) is 3.69. The van der Waals surface area contributed by atoms with E-state index in [2.05, 4.69) is 5.32 Å². The minimum absolute atomic E-state index is 0.00231. The quantitative estimate of drug-likeness (QED) is 0.550. The van der Waals surface area contributed by atoms with Crippen LogP contribution in [0.4, 0.5) is 0 Å². The summed E-state index contributed by atoms with van der Waals surface area (Å²) in [6, 6.07) is -0.00231. The summed E-state index contributed by atoms with van der Waals surface area (Å²) in [5.74, 6) is -0.00199. The molecule has 4 nitrogen and oxygen atoms in total. The number of aliphatic hydroxyl groups excluding tert-OH is 1. The minimum Gasteiger partial charge on any atom is -0.396 e. The molecule has 1 saturated heterocycles. The van der Waals surface area contributed by atoms with Gasteiger partial charge in [0.2, 0.25) is 5.91 Å². The third-order valence-corrected chi connectivity index (χ3v) is 1.82. The number of aliphatic hydroxyl groups is 1. The molecule has 1 aliphatic heterocycles. The molecule has 1 heterocycles. The first-order valence-corrected chi connectivity index (χ1v) is 3.69. The second-order valence-corrected chi connectivity index (χ2v) is 2.79. The van der Waals surface area contributed by atoms with E-state index in [-0.39, 0.29) is 24.5 Å². The van der Waals surface area contributed by atoms with Gasteiger partial charge in [0.25, 0.3) is 0 Å². The van der Waals surface area contributed by atoms with Gasteiger partial charge in [0.15, 0.2) is 0 Å². The maximum absolute atomic E-state index is 10.6. The number of hydrogen-bond donors (Lipinski definition) is 2. The zero-order valence-electron chi connectivity index (χ0n) is 6.54. The third kappa shape index (κ3) is 2.17. The predicted molar refractivity (Wildman–Crippen MR) is 39.0 cm³/mol. The standard InChI is InChI=1S/C7H13NO3/c1-5(10)8-7-4-11-3-6(7)2-9/h6-7,9H,2-4H2,1H3,(H,8,10). The number of hydrogen-bond acceptors (Lipinski definition) is 3. The van der Waals surface area contributed by atoms with Gasteiger partial charge in [0.1, 0.15) is 0 Å². The molecule has 1 amide bonds. The molecule has 2 atom stereocenters. The average molecular weight is 159 g/mol. The normalized spacial score (nSPS) is 30.4. The topological polar surface area (TPSA) is 58.6 Å². The van der Waals surface area contributed by atoms with Gasteiger partial charge in [0.05, 0.1) is 25.9 Å². The van der Waals surface area contributed by atoms with Crippen molar-refractivity contribution in [3.63, 3.8) is 0 Å². The summed E-state index contributed by atoms with van der Waals surface area (Å²) in [4.78, 5) is 10.6. The highest BCUT2D eigenvalue weighted by Crippen LogP contribution is 2.12. The molecule has 1 aliphatic rings. The minimum atomic E-state index is -0.0704. The van der Waals surface area contributed by atoms with Crippen molar-refractivity contribution in [3.8, 4) is 0 Å². The Hall–Kier alpha value is -0.610. The summed E-state index contributed by atoms with van der Waals surface area (Å²) < 4.78 is 5.09. The van der Waals surface area contributed by atoms with Crippen LogP contribution in [0.2, 0.25) is 0 Å². The van der Waals surface area contributed by atoms with Crippen LogP contribution >= 0.6 is 0 Å². The van der Waals surface area contributed by atoms with Crippen molar-refractivity contribution in [2.24, 2.45) is 5.92 Å². The first-order valence-electron chi connectivity index (χ1n) is 3.69. The lowest BCUT2D eigenvalue weighted by Gasteiger charge is -2.14. The monoisotopic (exact) mass is 159 g/mol. The smallest absolute Gasteiger partial charge is 0.217 e.